The van der Waals surface area contributed by atoms with Crippen molar-refractivity contribution in [1.82, 2.24) is 0 Å². The molecule has 0 radical (unpaired) electrons. The van der Waals surface area contributed by atoms with E-state index in [1.807, 2.05) is 0 Å². The average molecular weight is 299 g/mol. The lowest BCUT2D eigenvalue weighted by Gasteiger charge is -2.02. The highest BCUT2D eigenvalue weighted by Gasteiger charge is 1.95. The van der Waals surface area contributed by atoms with Crippen LogP contribution in [0.15, 0.2) is 48.5 Å². The Bertz CT molecular complexity index is 411. The zero-order valence-corrected chi connectivity index (χ0v) is 15.4. The molecule has 0 amide bonds. The summed E-state index contributed by atoms with van der Waals surface area (Å²) in [7, 11) is 0. The van der Waals surface area contributed by atoms with Gasteiger partial charge < -0.3 is 0 Å². The minimum atomic E-state index is 1.29. The van der Waals surface area contributed by atoms with E-state index in [9.17, 15) is 0 Å². The van der Waals surface area contributed by atoms with Gasteiger partial charge in [0.05, 0.1) is 0 Å². The van der Waals surface area contributed by atoms with Crippen molar-refractivity contribution < 1.29 is 0 Å². The van der Waals surface area contributed by atoms with E-state index in [0.29, 0.717) is 0 Å². The molecule has 2 rings (SSSR count). The van der Waals surface area contributed by atoms with Crippen molar-refractivity contribution in [2.75, 3.05) is 0 Å². The van der Waals surface area contributed by atoms with Crippen LogP contribution in [0.4, 0.5) is 0 Å². The standard InChI is InChI=1S/C14H14.2C4H10/c1-11-3-7-13(8-4-11)14-9-5-12(2)6-10-14;2*1-3-4-2/h3-10H,1-2H3;2*3-4H2,1-2H3. The number of hydrogen-bond acceptors (Lipinski definition) is 0. The summed E-state index contributed by atoms with van der Waals surface area (Å²) in [6.45, 7) is 12.9. The Balaban J connectivity index is 0.000000464. The van der Waals surface area contributed by atoms with E-state index in [2.05, 4.69) is 90.1 Å². The molecule has 0 heteroatoms. The van der Waals surface area contributed by atoms with Crippen LogP contribution in [-0.4, -0.2) is 0 Å². The fraction of sp³-hybridized carbons (Fsp3) is 0.455. The third-order valence-corrected chi connectivity index (χ3v) is 3.44. The van der Waals surface area contributed by atoms with Gasteiger partial charge in [0.25, 0.3) is 0 Å². The molecule has 0 N–H and O–H groups in total. The molecule has 0 atom stereocenters. The summed E-state index contributed by atoms with van der Waals surface area (Å²) in [4.78, 5) is 0. The number of hydrogen-bond donors (Lipinski definition) is 0. The van der Waals surface area contributed by atoms with Crippen LogP contribution in [0.25, 0.3) is 11.1 Å². The van der Waals surface area contributed by atoms with Crippen molar-refractivity contribution in [3.05, 3.63) is 59.7 Å². The first-order valence-electron chi connectivity index (χ1n) is 8.72. The second kappa shape index (κ2) is 13.1. The summed E-state index contributed by atoms with van der Waals surface area (Å²) in [5.41, 5.74) is 5.19. The molecule has 22 heavy (non-hydrogen) atoms. The largest absolute Gasteiger partial charge is 0.0654 e. The Morgan fingerprint density at radius 2 is 0.682 bits per heavy atom. The Morgan fingerprint density at radius 3 is 0.864 bits per heavy atom. The SMILES string of the molecule is CCCC.CCCC.Cc1ccc(-c2ccc(C)cc2)cc1. The summed E-state index contributed by atoms with van der Waals surface area (Å²) >= 11 is 0. The summed E-state index contributed by atoms with van der Waals surface area (Å²) in [5, 5.41) is 0. The summed E-state index contributed by atoms with van der Waals surface area (Å²) in [6.07, 6.45) is 5.28. The lowest BCUT2D eigenvalue weighted by molar-refractivity contribution is 0.886. The molecule has 2 aromatic carbocycles. The van der Waals surface area contributed by atoms with E-state index in [4.69, 9.17) is 0 Å². The predicted molar refractivity (Wildman–Crippen MR) is 103 cm³/mol. The van der Waals surface area contributed by atoms with E-state index in [1.54, 1.807) is 0 Å². The first kappa shape index (κ1) is 20.4. The van der Waals surface area contributed by atoms with Gasteiger partial charge in [0, 0.05) is 0 Å². The van der Waals surface area contributed by atoms with E-state index >= 15 is 0 Å². The molecule has 2 aromatic rings. The van der Waals surface area contributed by atoms with Gasteiger partial charge in [-0.3, -0.25) is 0 Å². The molecule has 0 unspecified atom stereocenters. The van der Waals surface area contributed by atoms with Crippen LogP contribution in [0.1, 0.15) is 64.5 Å². The minimum Gasteiger partial charge on any atom is -0.0654 e. The first-order valence-corrected chi connectivity index (χ1v) is 8.72. The summed E-state index contributed by atoms with van der Waals surface area (Å²) in [5.74, 6) is 0. The van der Waals surface area contributed by atoms with Crippen LogP contribution in [0.5, 0.6) is 0 Å². The quantitative estimate of drug-likeness (QED) is 0.547. The highest BCUT2D eigenvalue weighted by atomic mass is 14.0. The van der Waals surface area contributed by atoms with E-state index < -0.39 is 0 Å². The molecule has 0 aliphatic rings. The lowest BCUT2D eigenvalue weighted by Crippen LogP contribution is -1.78. The maximum Gasteiger partial charge on any atom is -0.0184 e. The van der Waals surface area contributed by atoms with Crippen LogP contribution >= 0.6 is 0 Å². The monoisotopic (exact) mass is 298 g/mol. The summed E-state index contributed by atoms with van der Waals surface area (Å²) in [6, 6.07) is 17.3. The van der Waals surface area contributed by atoms with Gasteiger partial charge in [-0.15, -0.1) is 0 Å². The minimum absolute atomic E-state index is 1.29. The van der Waals surface area contributed by atoms with Gasteiger partial charge in [0.2, 0.25) is 0 Å². The van der Waals surface area contributed by atoms with Gasteiger partial charge in [-0.1, -0.05) is 113 Å². The van der Waals surface area contributed by atoms with Crippen molar-refractivity contribution in [3.8, 4) is 11.1 Å². The Morgan fingerprint density at radius 1 is 0.455 bits per heavy atom. The molecule has 0 saturated heterocycles. The van der Waals surface area contributed by atoms with Crippen molar-refractivity contribution in [1.29, 1.82) is 0 Å². The fourth-order valence-electron chi connectivity index (χ4n) is 1.49. The first-order chi connectivity index (χ1) is 10.6. The van der Waals surface area contributed by atoms with Crippen LogP contribution in [-0.2, 0) is 0 Å². The molecule has 0 aromatic heterocycles. The number of aryl methyl sites for hydroxylation is 2. The van der Waals surface area contributed by atoms with Crippen LogP contribution in [0.3, 0.4) is 0 Å². The number of rotatable bonds is 3. The van der Waals surface area contributed by atoms with E-state index in [0.717, 1.165) is 0 Å². The Labute approximate surface area is 138 Å². The molecule has 0 bridgehead atoms. The second-order valence-corrected chi connectivity index (χ2v) is 5.73. The van der Waals surface area contributed by atoms with Crippen molar-refractivity contribution >= 4 is 0 Å². The van der Waals surface area contributed by atoms with Gasteiger partial charge in [0.1, 0.15) is 0 Å². The molecule has 0 aliphatic carbocycles. The van der Waals surface area contributed by atoms with Crippen LogP contribution < -0.4 is 0 Å². The predicted octanol–water partition coefficient (Wildman–Crippen LogP) is 7.58. The van der Waals surface area contributed by atoms with Gasteiger partial charge in [-0.2, -0.15) is 0 Å². The topological polar surface area (TPSA) is 0 Å². The van der Waals surface area contributed by atoms with E-state index in [1.165, 1.54) is 47.9 Å². The highest BCUT2D eigenvalue weighted by Crippen LogP contribution is 2.19. The van der Waals surface area contributed by atoms with E-state index in [-0.39, 0.29) is 0 Å². The Hall–Kier alpha value is -1.56. The van der Waals surface area contributed by atoms with Crippen molar-refractivity contribution in [2.24, 2.45) is 0 Å². The lowest BCUT2D eigenvalue weighted by atomic mass is 10.0. The molecule has 0 nitrogen and oxygen atoms in total. The highest BCUT2D eigenvalue weighted by molar-refractivity contribution is 5.63. The van der Waals surface area contributed by atoms with Crippen LogP contribution in [0, 0.1) is 13.8 Å². The number of unbranched alkanes of at least 4 members (excludes halogenated alkanes) is 2. The molecule has 0 heterocycles. The molecule has 122 valence electrons. The summed E-state index contributed by atoms with van der Waals surface area (Å²) < 4.78 is 0. The molecule has 0 aliphatic heterocycles. The smallest absolute Gasteiger partial charge is 0.0184 e. The molecule has 0 spiro atoms. The van der Waals surface area contributed by atoms with Crippen LogP contribution in [0.2, 0.25) is 0 Å². The third-order valence-electron chi connectivity index (χ3n) is 3.44. The second-order valence-electron chi connectivity index (χ2n) is 5.73. The average Bonchev–Trinajstić information content (AvgIpc) is 2.57. The zero-order chi connectivity index (χ0) is 16.8. The third kappa shape index (κ3) is 9.39. The molecular weight excluding hydrogens is 264 g/mol. The van der Waals surface area contributed by atoms with Gasteiger partial charge in [0.15, 0.2) is 0 Å². The van der Waals surface area contributed by atoms with Crippen molar-refractivity contribution in [3.63, 3.8) is 0 Å². The number of benzene rings is 2. The van der Waals surface area contributed by atoms with Crippen molar-refractivity contribution in [2.45, 2.75) is 67.2 Å². The zero-order valence-electron chi connectivity index (χ0n) is 15.4. The normalized spacial score (nSPS) is 9.18. The molecular formula is C22H34. The molecule has 0 saturated carbocycles. The Kier molecular flexibility index (Phi) is 12.2. The van der Waals surface area contributed by atoms with Gasteiger partial charge in [-0.25, -0.2) is 0 Å². The van der Waals surface area contributed by atoms with Gasteiger partial charge in [-0.05, 0) is 25.0 Å². The van der Waals surface area contributed by atoms with Gasteiger partial charge >= 0.3 is 0 Å². The maximum atomic E-state index is 2.18. The maximum absolute atomic E-state index is 2.18. The fourth-order valence-corrected chi connectivity index (χ4v) is 1.49. The molecule has 0 fully saturated rings.